The van der Waals surface area contributed by atoms with Crippen LogP contribution in [0.2, 0.25) is 0 Å². The maximum Gasteiger partial charge on any atom is 0.273 e. The number of carbonyl (C=O) groups excluding carboxylic acids is 1. The van der Waals surface area contributed by atoms with Gasteiger partial charge in [0.1, 0.15) is 22.9 Å². The molecule has 2 aromatic heterocycles. The Morgan fingerprint density at radius 3 is 2.69 bits per heavy atom. The van der Waals surface area contributed by atoms with Gasteiger partial charge >= 0.3 is 0 Å². The summed E-state index contributed by atoms with van der Waals surface area (Å²) < 4.78 is 0. The lowest BCUT2D eigenvalue weighted by molar-refractivity contribution is 0.0729. The summed E-state index contributed by atoms with van der Waals surface area (Å²) >= 11 is 0. The Balaban J connectivity index is 1.70. The summed E-state index contributed by atoms with van der Waals surface area (Å²) in [5.74, 6) is 0.0570. The highest BCUT2D eigenvalue weighted by atomic mass is 16.3. The molecule has 0 aliphatic carbocycles. The Labute approximate surface area is 185 Å². The summed E-state index contributed by atoms with van der Waals surface area (Å²) in [6.07, 6.45) is 3.42. The van der Waals surface area contributed by atoms with E-state index in [4.69, 9.17) is 0 Å². The number of amides is 1. The molecule has 5 rings (SSSR count). The third-order valence-electron chi connectivity index (χ3n) is 5.83. The molecular weight excluding hydrogens is 404 g/mol. The lowest BCUT2D eigenvalue weighted by Crippen LogP contribution is -2.29. The third kappa shape index (κ3) is 3.19. The number of hydrogen-bond donors (Lipinski definition) is 3. The number of pyridine rings is 1. The molecule has 0 radical (unpaired) electrons. The van der Waals surface area contributed by atoms with E-state index in [1.54, 1.807) is 35.5 Å². The standard InChI is InChI=1S/C25H22N4O3/c1-14-9-15(2)24(31)19(10-14)21-20-22(28-27-21)25(32)29(13-16-5-4-8-26-12-16)23(20)17-6-3-7-18(30)11-17/h3-12,23,30-31H,13H2,1-2H3,(H,27,28). The molecule has 4 aromatic rings. The molecule has 3 N–H and O–H groups in total. The zero-order valence-electron chi connectivity index (χ0n) is 17.7. The average molecular weight is 426 g/mol. The molecule has 0 saturated heterocycles. The van der Waals surface area contributed by atoms with Crippen molar-refractivity contribution >= 4 is 5.91 Å². The maximum absolute atomic E-state index is 13.4. The highest BCUT2D eigenvalue weighted by molar-refractivity contribution is 6.00. The molecule has 160 valence electrons. The SMILES string of the molecule is Cc1cc(C)c(O)c(-c2n[nH]c3c2C(c2cccc(O)c2)N(Cc2cccnc2)C3=O)c1. The summed E-state index contributed by atoms with van der Waals surface area (Å²) in [5.41, 5.74) is 5.54. The predicted octanol–water partition coefficient (Wildman–Crippen LogP) is 4.25. The molecule has 0 fully saturated rings. The number of carbonyl (C=O) groups is 1. The van der Waals surface area contributed by atoms with Crippen molar-refractivity contribution in [2.45, 2.75) is 26.4 Å². The number of aromatic nitrogens is 3. The maximum atomic E-state index is 13.4. The fourth-order valence-electron chi connectivity index (χ4n) is 4.44. The normalized spacial score (nSPS) is 15.2. The Kier molecular flexibility index (Phi) is 4.66. The molecule has 0 spiro atoms. The van der Waals surface area contributed by atoms with Crippen LogP contribution in [-0.2, 0) is 6.54 Å². The Morgan fingerprint density at radius 2 is 1.94 bits per heavy atom. The lowest BCUT2D eigenvalue weighted by Gasteiger charge is -2.26. The van der Waals surface area contributed by atoms with Crippen molar-refractivity contribution in [3.63, 3.8) is 0 Å². The van der Waals surface area contributed by atoms with Crippen molar-refractivity contribution in [1.29, 1.82) is 0 Å². The number of H-pyrrole nitrogens is 1. The van der Waals surface area contributed by atoms with E-state index in [-0.39, 0.29) is 17.4 Å². The first-order chi connectivity index (χ1) is 15.4. The van der Waals surface area contributed by atoms with E-state index in [9.17, 15) is 15.0 Å². The number of aromatic hydroxyl groups is 2. The zero-order chi connectivity index (χ0) is 22.4. The predicted molar refractivity (Wildman–Crippen MR) is 119 cm³/mol. The van der Waals surface area contributed by atoms with Gasteiger partial charge in [-0.15, -0.1) is 0 Å². The van der Waals surface area contributed by atoms with Gasteiger partial charge in [-0.25, -0.2) is 0 Å². The summed E-state index contributed by atoms with van der Waals surface area (Å²) in [7, 11) is 0. The monoisotopic (exact) mass is 426 g/mol. The van der Waals surface area contributed by atoms with Gasteiger partial charge in [-0.2, -0.15) is 5.10 Å². The van der Waals surface area contributed by atoms with Crippen molar-refractivity contribution in [2.24, 2.45) is 0 Å². The van der Waals surface area contributed by atoms with Gasteiger partial charge in [-0.3, -0.25) is 14.9 Å². The summed E-state index contributed by atoms with van der Waals surface area (Å²) in [5, 5.41) is 28.3. The minimum atomic E-state index is -0.487. The minimum Gasteiger partial charge on any atom is -0.508 e. The number of hydrogen-bond acceptors (Lipinski definition) is 5. The second-order valence-corrected chi connectivity index (χ2v) is 8.13. The molecule has 3 heterocycles. The van der Waals surface area contributed by atoms with Gasteiger partial charge in [0, 0.05) is 30.1 Å². The van der Waals surface area contributed by atoms with Crippen LogP contribution < -0.4 is 0 Å². The van der Waals surface area contributed by atoms with Gasteiger partial charge in [-0.1, -0.05) is 24.3 Å². The molecule has 1 unspecified atom stereocenters. The van der Waals surface area contributed by atoms with Crippen molar-refractivity contribution in [2.75, 3.05) is 0 Å². The number of rotatable bonds is 4. The minimum absolute atomic E-state index is 0.115. The molecule has 2 aromatic carbocycles. The molecule has 1 amide bonds. The van der Waals surface area contributed by atoms with Gasteiger partial charge in [-0.05, 0) is 60.4 Å². The first kappa shape index (κ1) is 19.8. The molecule has 7 nitrogen and oxygen atoms in total. The number of benzene rings is 2. The van der Waals surface area contributed by atoms with Crippen LogP contribution in [0.3, 0.4) is 0 Å². The summed E-state index contributed by atoms with van der Waals surface area (Å²) in [4.78, 5) is 19.3. The molecule has 32 heavy (non-hydrogen) atoms. The van der Waals surface area contributed by atoms with Gasteiger partial charge in [0.25, 0.3) is 5.91 Å². The van der Waals surface area contributed by atoms with Gasteiger partial charge in [0.05, 0.1) is 6.04 Å². The number of nitrogens with zero attached hydrogens (tertiary/aromatic N) is 3. The van der Waals surface area contributed by atoms with Crippen molar-refractivity contribution in [1.82, 2.24) is 20.1 Å². The number of nitrogens with one attached hydrogen (secondary N) is 1. The Hall–Kier alpha value is -4.13. The Morgan fingerprint density at radius 1 is 1.09 bits per heavy atom. The lowest BCUT2D eigenvalue weighted by atomic mass is 9.94. The third-order valence-corrected chi connectivity index (χ3v) is 5.83. The van der Waals surface area contributed by atoms with Crippen LogP contribution in [0.15, 0.2) is 60.9 Å². The topological polar surface area (TPSA) is 102 Å². The highest BCUT2D eigenvalue weighted by Gasteiger charge is 2.42. The first-order valence-electron chi connectivity index (χ1n) is 10.3. The van der Waals surface area contributed by atoms with E-state index in [1.807, 2.05) is 44.2 Å². The van der Waals surface area contributed by atoms with E-state index < -0.39 is 6.04 Å². The second-order valence-electron chi connectivity index (χ2n) is 8.13. The van der Waals surface area contributed by atoms with Gasteiger partial charge in [0.15, 0.2) is 0 Å². The van der Waals surface area contributed by atoms with Crippen LogP contribution in [0.25, 0.3) is 11.3 Å². The van der Waals surface area contributed by atoms with Crippen LogP contribution >= 0.6 is 0 Å². The molecule has 1 aliphatic heterocycles. The fraction of sp³-hybridized carbons (Fsp3) is 0.160. The fourth-order valence-corrected chi connectivity index (χ4v) is 4.44. The second kappa shape index (κ2) is 7.53. The largest absolute Gasteiger partial charge is 0.508 e. The van der Waals surface area contributed by atoms with Crippen molar-refractivity contribution in [3.05, 3.63) is 94.4 Å². The van der Waals surface area contributed by atoms with E-state index in [0.717, 1.165) is 22.3 Å². The summed E-state index contributed by atoms with van der Waals surface area (Å²) in [6.45, 7) is 4.13. The number of aromatic amines is 1. The van der Waals surface area contributed by atoms with Crippen LogP contribution in [0.4, 0.5) is 0 Å². The molecule has 1 atom stereocenters. The number of phenolic OH excluding ortho intramolecular Hbond substituents is 2. The van der Waals surface area contributed by atoms with Crippen LogP contribution in [0.5, 0.6) is 11.5 Å². The highest BCUT2D eigenvalue weighted by Crippen LogP contribution is 2.46. The van der Waals surface area contributed by atoms with Crippen LogP contribution in [0, 0.1) is 13.8 Å². The van der Waals surface area contributed by atoms with E-state index in [0.29, 0.717) is 29.1 Å². The van der Waals surface area contributed by atoms with Crippen molar-refractivity contribution < 1.29 is 15.0 Å². The molecule has 0 saturated carbocycles. The van der Waals surface area contributed by atoms with E-state index in [1.165, 1.54) is 0 Å². The number of aryl methyl sites for hydroxylation is 2. The van der Waals surface area contributed by atoms with Gasteiger partial charge < -0.3 is 15.1 Å². The zero-order valence-corrected chi connectivity index (χ0v) is 17.7. The Bertz CT molecular complexity index is 1330. The van der Waals surface area contributed by atoms with Crippen LogP contribution in [0.1, 0.15) is 44.3 Å². The first-order valence-corrected chi connectivity index (χ1v) is 10.3. The quantitative estimate of drug-likeness (QED) is 0.453. The smallest absolute Gasteiger partial charge is 0.273 e. The van der Waals surface area contributed by atoms with E-state index >= 15 is 0 Å². The molecule has 1 aliphatic rings. The average Bonchev–Trinajstić information content (AvgIpc) is 3.31. The van der Waals surface area contributed by atoms with Gasteiger partial charge in [0.2, 0.25) is 0 Å². The van der Waals surface area contributed by atoms with Crippen molar-refractivity contribution in [3.8, 4) is 22.8 Å². The van der Waals surface area contributed by atoms with Crippen LogP contribution in [-0.4, -0.2) is 36.2 Å². The molecule has 7 heteroatoms. The summed E-state index contributed by atoms with van der Waals surface area (Å²) in [6, 6.07) is 13.9. The number of fused-ring (bicyclic) bond motifs is 1. The molecular formula is C25H22N4O3. The number of phenols is 2. The molecule has 0 bridgehead atoms. The van der Waals surface area contributed by atoms with E-state index in [2.05, 4.69) is 15.2 Å².